The number of hydrogen-bond donors (Lipinski definition) is 1. The third kappa shape index (κ3) is 4.59. The minimum Gasteiger partial charge on any atom is -0.317 e. The molecule has 3 heteroatoms. The van der Waals surface area contributed by atoms with Crippen LogP contribution in [0, 0.1) is 5.92 Å². The lowest BCUT2D eigenvalue weighted by Gasteiger charge is -2.23. The van der Waals surface area contributed by atoms with Crippen LogP contribution in [-0.2, 0) is 0 Å². The van der Waals surface area contributed by atoms with E-state index < -0.39 is 0 Å². The van der Waals surface area contributed by atoms with Crippen LogP contribution in [-0.4, -0.2) is 18.8 Å². The molecule has 130 valence electrons. The third-order valence-electron chi connectivity index (χ3n) is 4.90. The second kappa shape index (κ2) is 8.46. The molecule has 0 radical (unpaired) electrons. The van der Waals surface area contributed by atoms with Gasteiger partial charge >= 0.3 is 0 Å². The molecule has 25 heavy (non-hydrogen) atoms. The van der Waals surface area contributed by atoms with Crippen molar-refractivity contribution in [2.24, 2.45) is 10.9 Å². The lowest BCUT2D eigenvalue weighted by Crippen LogP contribution is -2.31. The van der Waals surface area contributed by atoms with Crippen LogP contribution in [0.15, 0.2) is 59.6 Å². The van der Waals surface area contributed by atoms with Crippen LogP contribution < -0.4 is 5.32 Å². The highest BCUT2D eigenvalue weighted by Crippen LogP contribution is 2.29. The summed E-state index contributed by atoms with van der Waals surface area (Å²) >= 11 is 6.08. The van der Waals surface area contributed by atoms with Crippen molar-refractivity contribution in [3.8, 4) is 0 Å². The van der Waals surface area contributed by atoms with E-state index in [0.717, 1.165) is 42.2 Å². The van der Waals surface area contributed by atoms with Crippen LogP contribution in [0.1, 0.15) is 37.8 Å². The average molecular weight is 353 g/mol. The van der Waals surface area contributed by atoms with Crippen molar-refractivity contribution in [1.29, 1.82) is 0 Å². The molecule has 0 amide bonds. The predicted molar refractivity (Wildman–Crippen MR) is 109 cm³/mol. The van der Waals surface area contributed by atoms with Crippen molar-refractivity contribution in [2.45, 2.75) is 26.7 Å². The number of allylic oxidation sites excluding steroid dienone is 1. The molecule has 1 N–H and O–H groups in total. The fourth-order valence-corrected chi connectivity index (χ4v) is 3.43. The van der Waals surface area contributed by atoms with Gasteiger partial charge in [-0.15, -0.1) is 0 Å². The lowest BCUT2D eigenvalue weighted by molar-refractivity contribution is 0.455. The van der Waals surface area contributed by atoms with Crippen LogP contribution >= 0.6 is 11.6 Å². The molecule has 1 heterocycles. The van der Waals surface area contributed by atoms with Crippen molar-refractivity contribution in [1.82, 2.24) is 5.32 Å². The molecule has 1 aliphatic rings. The Hall–Kier alpha value is -1.90. The molecule has 0 aliphatic carbocycles. The van der Waals surface area contributed by atoms with Crippen molar-refractivity contribution in [2.75, 3.05) is 13.1 Å². The van der Waals surface area contributed by atoms with Gasteiger partial charge < -0.3 is 5.32 Å². The van der Waals surface area contributed by atoms with Crippen molar-refractivity contribution < 1.29 is 0 Å². The van der Waals surface area contributed by atoms with E-state index in [1.807, 2.05) is 18.2 Å². The van der Waals surface area contributed by atoms with E-state index in [2.05, 4.69) is 55.6 Å². The van der Waals surface area contributed by atoms with E-state index >= 15 is 0 Å². The van der Waals surface area contributed by atoms with Crippen molar-refractivity contribution >= 4 is 28.6 Å². The van der Waals surface area contributed by atoms with Gasteiger partial charge in [-0.05, 0) is 69.0 Å². The molecule has 0 unspecified atom stereocenters. The molecule has 2 aromatic carbocycles. The summed E-state index contributed by atoms with van der Waals surface area (Å²) in [6.45, 7) is 6.48. The highest BCUT2D eigenvalue weighted by Gasteiger charge is 2.17. The molecule has 2 aromatic rings. The topological polar surface area (TPSA) is 24.4 Å². The van der Waals surface area contributed by atoms with Gasteiger partial charge in [0.15, 0.2) is 0 Å². The Labute approximate surface area is 155 Å². The summed E-state index contributed by atoms with van der Waals surface area (Å²) in [5.74, 6) is 0.562. The molecule has 0 atom stereocenters. The maximum Gasteiger partial charge on any atom is 0.0736 e. The van der Waals surface area contributed by atoms with Crippen LogP contribution in [0.4, 0.5) is 0 Å². The number of nitrogens with zero attached hydrogens (tertiary/aromatic N) is 1. The summed E-state index contributed by atoms with van der Waals surface area (Å²) in [5.41, 5.74) is 5.77. The summed E-state index contributed by atoms with van der Waals surface area (Å²) in [6, 6.07) is 18.5. The Balaban J connectivity index is 2.04. The Kier molecular flexibility index (Phi) is 6.06. The highest BCUT2D eigenvalue weighted by atomic mass is 35.5. The molecule has 1 saturated heterocycles. The van der Waals surface area contributed by atoms with Gasteiger partial charge in [0.1, 0.15) is 0 Å². The minimum absolute atomic E-state index is 0.562. The normalized spacial score (nSPS) is 17.3. The first-order chi connectivity index (χ1) is 12.1. The summed E-state index contributed by atoms with van der Waals surface area (Å²) in [7, 11) is 0. The van der Waals surface area contributed by atoms with Gasteiger partial charge in [-0.3, -0.25) is 4.99 Å². The molecular formula is C22H25ClN2. The molecule has 1 aliphatic heterocycles. The van der Waals surface area contributed by atoms with E-state index in [1.165, 1.54) is 16.8 Å². The number of halogens is 1. The van der Waals surface area contributed by atoms with Crippen LogP contribution in [0.2, 0.25) is 5.02 Å². The molecule has 1 fully saturated rings. The van der Waals surface area contributed by atoms with Crippen molar-refractivity contribution in [3.05, 3.63) is 70.7 Å². The summed E-state index contributed by atoms with van der Waals surface area (Å²) in [5, 5.41) is 4.18. The quantitative estimate of drug-likeness (QED) is 0.554. The smallest absolute Gasteiger partial charge is 0.0736 e. The minimum atomic E-state index is 0.562. The summed E-state index contributed by atoms with van der Waals surface area (Å²) in [4.78, 5) is 5.10. The first kappa shape index (κ1) is 17.9. The van der Waals surface area contributed by atoms with Gasteiger partial charge in [0.25, 0.3) is 0 Å². The average Bonchev–Trinajstić information content (AvgIpc) is 2.67. The number of hydrogen-bond acceptors (Lipinski definition) is 2. The number of piperidine rings is 1. The zero-order valence-electron chi connectivity index (χ0n) is 14.9. The molecule has 0 bridgehead atoms. The monoisotopic (exact) mass is 352 g/mol. The zero-order chi connectivity index (χ0) is 17.6. The predicted octanol–water partition coefficient (Wildman–Crippen LogP) is 5.69. The van der Waals surface area contributed by atoms with Gasteiger partial charge in [0, 0.05) is 16.3 Å². The number of benzene rings is 2. The molecule has 0 spiro atoms. The lowest BCUT2D eigenvalue weighted by atomic mass is 9.93. The molecule has 0 aromatic heterocycles. The number of rotatable bonds is 4. The van der Waals surface area contributed by atoms with E-state index in [-0.39, 0.29) is 0 Å². The molecule has 2 nitrogen and oxygen atoms in total. The summed E-state index contributed by atoms with van der Waals surface area (Å²) < 4.78 is 0. The van der Waals surface area contributed by atoms with Gasteiger partial charge in [-0.2, -0.15) is 0 Å². The standard InChI is InChI=1S/C22H25ClN2/c1-16(18-6-4-3-5-7-18)22(20-8-10-21(23)11-9-20)25-17(2)19-12-14-24-15-13-19/h3-11,19,24H,12-15H2,1-2H3/b22-16+,25-17+. The molecule has 0 saturated carbocycles. The van der Waals surface area contributed by atoms with E-state index in [4.69, 9.17) is 16.6 Å². The van der Waals surface area contributed by atoms with Gasteiger partial charge in [-0.1, -0.05) is 54.1 Å². The summed E-state index contributed by atoms with van der Waals surface area (Å²) in [6.07, 6.45) is 2.32. The van der Waals surface area contributed by atoms with Crippen molar-refractivity contribution in [3.63, 3.8) is 0 Å². The number of nitrogens with one attached hydrogen (secondary N) is 1. The number of aliphatic imine (C=N–C) groups is 1. The Morgan fingerprint density at radius 2 is 1.56 bits per heavy atom. The Bertz CT molecular complexity index is 754. The van der Waals surface area contributed by atoms with Crippen LogP contribution in [0.25, 0.3) is 11.3 Å². The fraction of sp³-hybridized carbons (Fsp3) is 0.318. The highest BCUT2D eigenvalue weighted by molar-refractivity contribution is 6.30. The second-order valence-corrected chi connectivity index (χ2v) is 7.06. The largest absolute Gasteiger partial charge is 0.317 e. The van der Waals surface area contributed by atoms with Gasteiger partial charge in [0.2, 0.25) is 0 Å². The Morgan fingerprint density at radius 3 is 2.20 bits per heavy atom. The fourth-order valence-electron chi connectivity index (χ4n) is 3.30. The molecular weight excluding hydrogens is 328 g/mol. The maximum atomic E-state index is 6.08. The first-order valence-corrected chi connectivity index (χ1v) is 9.31. The maximum absolute atomic E-state index is 6.08. The van der Waals surface area contributed by atoms with Crippen LogP contribution in [0.5, 0.6) is 0 Å². The third-order valence-corrected chi connectivity index (χ3v) is 5.15. The Morgan fingerprint density at radius 1 is 0.920 bits per heavy atom. The van der Waals surface area contributed by atoms with Crippen LogP contribution in [0.3, 0.4) is 0 Å². The first-order valence-electron chi connectivity index (χ1n) is 8.93. The van der Waals surface area contributed by atoms with Gasteiger partial charge in [0.05, 0.1) is 5.70 Å². The SMILES string of the molecule is C/C(=N\C(=C(/C)c1ccccc1)c1ccc(Cl)cc1)C1CCNCC1. The van der Waals surface area contributed by atoms with E-state index in [1.54, 1.807) is 0 Å². The van der Waals surface area contributed by atoms with Gasteiger partial charge in [-0.25, -0.2) is 0 Å². The molecule has 3 rings (SSSR count). The van der Waals surface area contributed by atoms with E-state index in [9.17, 15) is 0 Å². The zero-order valence-corrected chi connectivity index (χ0v) is 15.7. The second-order valence-electron chi connectivity index (χ2n) is 6.62. The van der Waals surface area contributed by atoms with E-state index in [0.29, 0.717) is 5.92 Å².